The Balaban J connectivity index is 1.95. The zero-order valence-corrected chi connectivity index (χ0v) is 10.6. The minimum Gasteiger partial charge on any atom is -0.497 e. The number of H-pyrrole nitrogens is 1. The molecule has 0 radical (unpaired) electrons. The maximum absolute atomic E-state index is 8.79. The molecule has 0 aliphatic rings. The highest BCUT2D eigenvalue weighted by atomic mass is 16.5. The van der Waals surface area contributed by atoms with Crippen LogP contribution in [0.5, 0.6) is 5.75 Å². The van der Waals surface area contributed by atoms with Gasteiger partial charge in [-0.2, -0.15) is 10.2 Å². The second-order valence-electron chi connectivity index (χ2n) is 4.07. The number of aromatic amines is 1. The van der Waals surface area contributed by atoms with Gasteiger partial charge >= 0.3 is 0 Å². The van der Waals surface area contributed by atoms with E-state index in [-0.39, 0.29) is 0 Å². The summed E-state index contributed by atoms with van der Waals surface area (Å²) in [7, 11) is 1.60. The van der Waals surface area contributed by atoms with Crippen molar-refractivity contribution in [1.29, 1.82) is 5.26 Å². The first kappa shape index (κ1) is 12.0. The first-order valence-corrected chi connectivity index (χ1v) is 5.87. The van der Waals surface area contributed by atoms with Gasteiger partial charge < -0.3 is 14.2 Å². The second-order valence-corrected chi connectivity index (χ2v) is 4.07. The van der Waals surface area contributed by atoms with Gasteiger partial charge in [0.25, 0.3) is 5.89 Å². The van der Waals surface area contributed by atoms with Crippen LogP contribution in [0, 0.1) is 11.3 Å². The van der Waals surface area contributed by atoms with Crippen LogP contribution in [-0.4, -0.2) is 22.2 Å². The first-order chi connectivity index (χ1) is 9.80. The summed E-state index contributed by atoms with van der Waals surface area (Å²) >= 11 is 0. The van der Waals surface area contributed by atoms with Gasteiger partial charge in [-0.25, -0.2) is 0 Å². The summed E-state index contributed by atoms with van der Waals surface area (Å²) in [5, 5.41) is 12.7. The number of nitriles is 1. The van der Waals surface area contributed by atoms with Crippen molar-refractivity contribution < 1.29 is 9.26 Å². The number of benzene rings is 1. The van der Waals surface area contributed by atoms with Gasteiger partial charge in [0.2, 0.25) is 5.82 Å². The molecule has 6 heteroatoms. The first-order valence-electron chi connectivity index (χ1n) is 5.87. The summed E-state index contributed by atoms with van der Waals surface area (Å²) in [5.41, 5.74) is 1.93. The number of aromatic nitrogens is 3. The van der Waals surface area contributed by atoms with Crippen molar-refractivity contribution in [1.82, 2.24) is 15.1 Å². The molecule has 0 aliphatic heterocycles. The third kappa shape index (κ3) is 2.12. The normalized spacial score (nSPS) is 10.2. The summed E-state index contributed by atoms with van der Waals surface area (Å²) in [6.45, 7) is 0. The van der Waals surface area contributed by atoms with E-state index in [1.54, 1.807) is 19.4 Å². The Morgan fingerprint density at radius 1 is 1.35 bits per heavy atom. The quantitative estimate of drug-likeness (QED) is 0.787. The molecule has 98 valence electrons. The fourth-order valence-electron chi connectivity index (χ4n) is 1.79. The zero-order chi connectivity index (χ0) is 13.9. The molecule has 0 saturated heterocycles. The Morgan fingerprint density at radius 2 is 2.25 bits per heavy atom. The number of nitrogens with one attached hydrogen (secondary N) is 1. The average Bonchev–Trinajstić information content (AvgIpc) is 3.15. The van der Waals surface area contributed by atoms with Crippen molar-refractivity contribution in [2.45, 2.75) is 0 Å². The predicted octanol–water partition coefficient (Wildman–Crippen LogP) is 2.61. The Hall–Kier alpha value is -3.07. The molecule has 3 rings (SSSR count). The van der Waals surface area contributed by atoms with E-state index in [0.29, 0.717) is 23.0 Å². The number of nitrogens with zero attached hydrogens (tertiary/aromatic N) is 3. The van der Waals surface area contributed by atoms with E-state index >= 15 is 0 Å². The topological polar surface area (TPSA) is 87.7 Å². The Kier molecular flexibility index (Phi) is 2.94. The predicted molar refractivity (Wildman–Crippen MR) is 70.8 cm³/mol. The van der Waals surface area contributed by atoms with Gasteiger partial charge in [0.1, 0.15) is 17.5 Å². The van der Waals surface area contributed by atoms with Crippen LogP contribution in [-0.2, 0) is 0 Å². The highest BCUT2D eigenvalue weighted by molar-refractivity contribution is 5.60. The SMILES string of the molecule is COc1cccc(-c2noc(-c3cc(C#N)c[nH]3)n2)c1. The second kappa shape index (κ2) is 4.90. The third-order valence-electron chi connectivity index (χ3n) is 2.80. The fraction of sp³-hybridized carbons (Fsp3) is 0.0714. The Labute approximate surface area is 114 Å². The van der Waals surface area contributed by atoms with Crippen molar-refractivity contribution >= 4 is 0 Å². The van der Waals surface area contributed by atoms with Crippen LogP contribution in [0.25, 0.3) is 23.0 Å². The minimum atomic E-state index is 0.337. The van der Waals surface area contributed by atoms with Gasteiger partial charge in [0, 0.05) is 11.8 Å². The van der Waals surface area contributed by atoms with Crippen LogP contribution >= 0.6 is 0 Å². The van der Waals surface area contributed by atoms with Crippen molar-refractivity contribution in [3.05, 3.63) is 42.1 Å². The highest BCUT2D eigenvalue weighted by Crippen LogP contribution is 2.24. The van der Waals surface area contributed by atoms with Gasteiger partial charge in [0.15, 0.2) is 0 Å². The van der Waals surface area contributed by atoms with Gasteiger partial charge in [-0.1, -0.05) is 17.3 Å². The zero-order valence-electron chi connectivity index (χ0n) is 10.6. The lowest BCUT2D eigenvalue weighted by Crippen LogP contribution is -1.85. The summed E-state index contributed by atoms with van der Waals surface area (Å²) in [6, 6.07) is 11.1. The van der Waals surface area contributed by atoms with E-state index in [4.69, 9.17) is 14.5 Å². The molecule has 0 aliphatic carbocycles. The van der Waals surface area contributed by atoms with Crippen LogP contribution in [0.3, 0.4) is 0 Å². The number of rotatable bonds is 3. The van der Waals surface area contributed by atoms with E-state index in [0.717, 1.165) is 11.3 Å². The molecule has 0 spiro atoms. The monoisotopic (exact) mass is 266 g/mol. The molecule has 0 atom stereocenters. The molecule has 0 unspecified atom stereocenters. The van der Waals surface area contributed by atoms with Crippen molar-refractivity contribution in [2.24, 2.45) is 0 Å². The van der Waals surface area contributed by atoms with Crippen molar-refractivity contribution in [3.63, 3.8) is 0 Å². The maximum atomic E-state index is 8.79. The largest absolute Gasteiger partial charge is 0.497 e. The van der Waals surface area contributed by atoms with Crippen LogP contribution < -0.4 is 4.74 Å². The highest BCUT2D eigenvalue weighted by Gasteiger charge is 2.12. The van der Waals surface area contributed by atoms with Gasteiger partial charge in [-0.05, 0) is 18.2 Å². The van der Waals surface area contributed by atoms with E-state index < -0.39 is 0 Å². The average molecular weight is 266 g/mol. The molecule has 1 aromatic carbocycles. The van der Waals surface area contributed by atoms with E-state index in [9.17, 15) is 0 Å². The molecule has 3 aromatic rings. The molecule has 1 N–H and O–H groups in total. The molecular formula is C14H10N4O2. The van der Waals surface area contributed by atoms with Crippen LogP contribution in [0.15, 0.2) is 41.1 Å². The Morgan fingerprint density at radius 3 is 3.00 bits per heavy atom. The molecule has 20 heavy (non-hydrogen) atoms. The summed E-state index contributed by atoms with van der Waals surface area (Å²) in [5.74, 6) is 1.52. The Bertz CT molecular complexity index is 782. The lowest BCUT2D eigenvalue weighted by molar-refractivity contribution is 0.414. The minimum absolute atomic E-state index is 0.337. The summed E-state index contributed by atoms with van der Waals surface area (Å²) in [4.78, 5) is 7.22. The summed E-state index contributed by atoms with van der Waals surface area (Å²) < 4.78 is 10.4. The maximum Gasteiger partial charge on any atom is 0.274 e. The van der Waals surface area contributed by atoms with Gasteiger partial charge in [0.05, 0.1) is 12.7 Å². The standard InChI is InChI=1S/C14H10N4O2/c1-19-11-4-2-3-10(6-11)13-17-14(20-18-13)12-5-9(7-15)8-16-12/h2-6,8,16H,1H3. The third-order valence-corrected chi connectivity index (χ3v) is 2.80. The number of hydrogen-bond donors (Lipinski definition) is 1. The fourth-order valence-corrected chi connectivity index (χ4v) is 1.79. The summed E-state index contributed by atoms with van der Waals surface area (Å²) in [6.07, 6.45) is 1.59. The molecule has 0 fully saturated rings. The van der Waals surface area contributed by atoms with Crippen molar-refractivity contribution in [2.75, 3.05) is 7.11 Å². The van der Waals surface area contributed by atoms with Crippen LogP contribution in [0.4, 0.5) is 0 Å². The molecule has 0 saturated carbocycles. The lowest BCUT2D eigenvalue weighted by atomic mass is 10.2. The molecule has 2 aromatic heterocycles. The molecule has 0 bridgehead atoms. The van der Waals surface area contributed by atoms with Gasteiger partial charge in [-0.3, -0.25) is 0 Å². The smallest absolute Gasteiger partial charge is 0.274 e. The van der Waals surface area contributed by atoms with E-state index in [1.165, 1.54) is 0 Å². The van der Waals surface area contributed by atoms with Gasteiger partial charge in [-0.15, -0.1) is 0 Å². The lowest BCUT2D eigenvalue weighted by Gasteiger charge is -1.99. The number of ether oxygens (including phenoxy) is 1. The van der Waals surface area contributed by atoms with Crippen LogP contribution in [0.1, 0.15) is 5.56 Å². The molecular weight excluding hydrogens is 256 g/mol. The van der Waals surface area contributed by atoms with Crippen molar-refractivity contribution in [3.8, 4) is 34.8 Å². The molecule has 2 heterocycles. The van der Waals surface area contributed by atoms with E-state index in [2.05, 4.69) is 15.1 Å². The van der Waals surface area contributed by atoms with E-state index in [1.807, 2.05) is 30.3 Å². The number of methoxy groups -OCH3 is 1. The number of hydrogen-bond acceptors (Lipinski definition) is 5. The molecule has 0 amide bonds. The molecule has 6 nitrogen and oxygen atoms in total. The van der Waals surface area contributed by atoms with Crippen LogP contribution in [0.2, 0.25) is 0 Å².